The number of carbonyl (C=O) groups excluding carboxylic acids is 1. The van der Waals surface area contributed by atoms with Gasteiger partial charge in [-0.1, -0.05) is 0 Å². The highest BCUT2D eigenvalue weighted by molar-refractivity contribution is 7.18. The molecule has 0 unspecified atom stereocenters. The summed E-state index contributed by atoms with van der Waals surface area (Å²) >= 11 is 1.43. The Balaban J connectivity index is 1.94. The van der Waals surface area contributed by atoms with Gasteiger partial charge in [-0.2, -0.15) is 0 Å². The normalized spacial score (nSPS) is 15.9. The second-order valence-corrected chi connectivity index (χ2v) is 6.74. The molecule has 1 saturated carbocycles. The third-order valence-electron chi connectivity index (χ3n) is 3.79. The van der Waals surface area contributed by atoms with E-state index in [0.29, 0.717) is 16.0 Å². The zero-order valence-electron chi connectivity index (χ0n) is 12.4. The minimum Gasteiger partial charge on any atom is -0.397 e. The van der Waals surface area contributed by atoms with Crippen LogP contribution in [0.3, 0.4) is 0 Å². The molecule has 1 amide bonds. The van der Waals surface area contributed by atoms with Crippen molar-refractivity contribution in [2.45, 2.75) is 19.3 Å². The second kappa shape index (κ2) is 6.01. The predicted molar refractivity (Wildman–Crippen MR) is 83.4 cm³/mol. The highest BCUT2D eigenvalue weighted by Crippen LogP contribution is 2.49. The van der Waals surface area contributed by atoms with Gasteiger partial charge >= 0.3 is 0 Å². The molecule has 20 heavy (non-hydrogen) atoms. The highest BCUT2D eigenvalue weighted by Gasteiger charge is 2.41. The largest absolute Gasteiger partial charge is 0.397 e. The summed E-state index contributed by atoms with van der Waals surface area (Å²) in [4.78, 5) is 14.1. The topological polar surface area (TPSA) is 67.6 Å². The summed E-state index contributed by atoms with van der Waals surface area (Å²) in [5, 5.41) is 4.39. The Morgan fingerprint density at radius 3 is 2.80 bits per heavy atom. The Hall–Kier alpha value is -1.27. The van der Waals surface area contributed by atoms with Crippen LogP contribution < -0.4 is 11.1 Å². The van der Waals surface area contributed by atoms with Gasteiger partial charge in [0.15, 0.2) is 0 Å². The summed E-state index contributed by atoms with van der Waals surface area (Å²) in [6.07, 6.45) is 3.57. The zero-order valence-corrected chi connectivity index (χ0v) is 13.2. The third kappa shape index (κ3) is 3.43. The van der Waals surface area contributed by atoms with E-state index < -0.39 is 0 Å². The number of thiophene rings is 1. The number of rotatable bonds is 7. The fourth-order valence-electron chi connectivity index (χ4n) is 2.15. The molecule has 0 aliphatic heterocycles. The van der Waals surface area contributed by atoms with Crippen LogP contribution in [-0.2, 0) is 4.74 Å². The molecule has 0 saturated heterocycles. The maximum absolute atomic E-state index is 11.9. The van der Waals surface area contributed by atoms with E-state index in [4.69, 9.17) is 10.5 Å². The molecule has 5 nitrogen and oxygen atoms in total. The minimum absolute atomic E-state index is 0.0407. The Bertz CT molecular complexity index is 481. The molecule has 3 N–H and O–H groups in total. The number of hydrogen-bond donors (Lipinski definition) is 2. The lowest BCUT2D eigenvalue weighted by Crippen LogP contribution is -2.21. The molecule has 2 rings (SSSR count). The van der Waals surface area contributed by atoms with Crippen molar-refractivity contribution in [1.82, 2.24) is 4.90 Å². The lowest BCUT2D eigenvalue weighted by atomic mass is 10.0. The van der Waals surface area contributed by atoms with E-state index in [0.717, 1.165) is 24.6 Å². The standard InChI is InChI=1S/C14H23N3O2S/c1-17(2)13(18)12-10(15)8-11(20-12)16-9-14(4-5-14)6-7-19-3/h8,16H,4-7,9,15H2,1-3H3. The quantitative estimate of drug-likeness (QED) is 0.810. The molecule has 112 valence electrons. The van der Waals surface area contributed by atoms with Crippen molar-refractivity contribution in [3.63, 3.8) is 0 Å². The molecule has 1 aromatic rings. The Morgan fingerprint density at radius 1 is 1.55 bits per heavy atom. The van der Waals surface area contributed by atoms with Gasteiger partial charge in [-0.25, -0.2) is 0 Å². The molecular formula is C14H23N3O2S. The van der Waals surface area contributed by atoms with Crippen LogP contribution in [0, 0.1) is 5.41 Å². The highest BCUT2D eigenvalue weighted by atomic mass is 32.1. The summed E-state index contributed by atoms with van der Waals surface area (Å²) in [6, 6.07) is 1.85. The lowest BCUT2D eigenvalue weighted by molar-refractivity contribution is 0.0833. The first-order chi connectivity index (χ1) is 9.47. The maximum Gasteiger partial charge on any atom is 0.265 e. The van der Waals surface area contributed by atoms with Crippen molar-refractivity contribution in [3.8, 4) is 0 Å². The summed E-state index contributed by atoms with van der Waals surface area (Å²) < 4.78 is 5.16. The van der Waals surface area contributed by atoms with Crippen LogP contribution in [0.5, 0.6) is 0 Å². The summed E-state index contributed by atoms with van der Waals surface area (Å²) in [6.45, 7) is 1.73. The van der Waals surface area contributed by atoms with Crippen LogP contribution in [0.1, 0.15) is 28.9 Å². The number of nitrogens with zero attached hydrogens (tertiary/aromatic N) is 1. The SMILES string of the molecule is COCCC1(CNc2cc(N)c(C(=O)N(C)C)s2)CC1. The van der Waals surface area contributed by atoms with E-state index in [-0.39, 0.29) is 5.91 Å². The molecule has 0 radical (unpaired) electrons. The fourth-order valence-corrected chi connectivity index (χ4v) is 3.14. The van der Waals surface area contributed by atoms with Gasteiger partial charge in [-0.15, -0.1) is 11.3 Å². The van der Waals surface area contributed by atoms with Crippen LogP contribution >= 0.6 is 11.3 Å². The predicted octanol–water partition coefficient (Wildman–Crippen LogP) is 2.26. The number of amides is 1. The first-order valence-electron chi connectivity index (χ1n) is 6.81. The molecule has 1 aromatic heterocycles. The number of ether oxygens (including phenoxy) is 1. The molecular weight excluding hydrogens is 274 g/mol. The molecule has 6 heteroatoms. The first kappa shape index (κ1) is 15.1. The maximum atomic E-state index is 11.9. The van der Waals surface area contributed by atoms with Crippen LogP contribution in [-0.4, -0.2) is 45.2 Å². The van der Waals surface area contributed by atoms with Crippen molar-refractivity contribution < 1.29 is 9.53 Å². The zero-order chi connectivity index (χ0) is 14.8. The van der Waals surface area contributed by atoms with Crippen LogP contribution in [0.2, 0.25) is 0 Å². The van der Waals surface area contributed by atoms with Crippen molar-refractivity contribution in [2.75, 3.05) is 45.4 Å². The van der Waals surface area contributed by atoms with Crippen molar-refractivity contribution in [2.24, 2.45) is 5.41 Å². The Labute approximate surface area is 124 Å². The van der Waals surface area contributed by atoms with Gasteiger partial charge < -0.3 is 20.7 Å². The molecule has 0 atom stereocenters. The van der Waals surface area contributed by atoms with Gasteiger partial charge in [0.25, 0.3) is 5.91 Å². The molecule has 0 bridgehead atoms. The summed E-state index contributed by atoms with van der Waals surface area (Å²) in [7, 11) is 5.21. The molecule has 0 spiro atoms. The number of anilines is 2. The van der Waals surface area contributed by atoms with Gasteiger partial charge in [0.1, 0.15) is 4.88 Å². The monoisotopic (exact) mass is 297 g/mol. The number of nitrogens with one attached hydrogen (secondary N) is 1. The molecule has 1 fully saturated rings. The van der Waals surface area contributed by atoms with Crippen LogP contribution in [0.15, 0.2) is 6.07 Å². The number of nitrogen functional groups attached to an aromatic ring is 1. The van der Waals surface area contributed by atoms with Gasteiger partial charge in [0.2, 0.25) is 0 Å². The smallest absolute Gasteiger partial charge is 0.265 e. The van der Waals surface area contributed by atoms with E-state index in [1.54, 1.807) is 26.1 Å². The fraction of sp³-hybridized carbons (Fsp3) is 0.643. The van der Waals surface area contributed by atoms with E-state index in [9.17, 15) is 4.79 Å². The summed E-state index contributed by atoms with van der Waals surface area (Å²) in [5.74, 6) is -0.0407. The number of hydrogen-bond acceptors (Lipinski definition) is 5. The van der Waals surface area contributed by atoms with Crippen LogP contribution in [0.25, 0.3) is 0 Å². The van der Waals surface area contributed by atoms with Gasteiger partial charge in [0, 0.05) is 34.4 Å². The second-order valence-electron chi connectivity index (χ2n) is 5.69. The Morgan fingerprint density at radius 2 is 2.25 bits per heavy atom. The number of methoxy groups -OCH3 is 1. The van der Waals surface area contributed by atoms with E-state index >= 15 is 0 Å². The first-order valence-corrected chi connectivity index (χ1v) is 7.63. The van der Waals surface area contributed by atoms with E-state index in [2.05, 4.69) is 5.32 Å². The average Bonchev–Trinajstić information content (AvgIpc) is 3.09. The van der Waals surface area contributed by atoms with Gasteiger partial charge in [-0.05, 0) is 30.7 Å². The molecule has 0 aromatic carbocycles. The van der Waals surface area contributed by atoms with Gasteiger partial charge in [-0.3, -0.25) is 4.79 Å². The van der Waals surface area contributed by atoms with Crippen molar-refractivity contribution in [3.05, 3.63) is 10.9 Å². The van der Waals surface area contributed by atoms with Crippen molar-refractivity contribution in [1.29, 1.82) is 0 Å². The number of carbonyl (C=O) groups is 1. The van der Waals surface area contributed by atoms with E-state index in [1.807, 2.05) is 6.07 Å². The van der Waals surface area contributed by atoms with Gasteiger partial charge in [0.05, 0.1) is 10.7 Å². The molecule has 1 aliphatic rings. The average molecular weight is 297 g/mol. The number of nitrogens with two attached hydrogens (primary N) is 1. The van der Waals surface area contributed by atoms with E-state index in [1.165, 1.54) is 24.2 Å². The minimum atomic E-state index is -0.0407. The Kier molecular flexibility index (Phi) is 4.55. The van der Waals surface area contributed by atoms with Crippen LogP contribution in [0.4, 0.5) is 10.7 Å². The molecule has 1 aliphatic carbocycles. The summed E-state index contributed by atoms with van der Waals surface area (Å²) in [5.41, 5.74) is 6.85. The lowest BCUT2D eigenvalue weighted by Gasteiger charge is -2.15. The molecule has 1 heterocycles. The van der Waals surface area contributed by atoms with Crippen molar-refractivity contribution >= 4 is 27.9 Å². The third-order valence-corrected chi connectivity index (χ3v) is 4.89.